The SMILES string of the molecule is C[C@@H]1CN(C(=O)[C@@H](C)n2cncn2)C[C@@H](c2ccccc2)O1. The Morgan fingerprint density at radius 2 is 2.09 bits per heavy atom. The van der Waals surface area contributed by atoms with Gasteiger partial charge in [0.2, 0.25) is 5.91 Å². The normalized spacial score (nSPS) is 23.3. The molecule has 0 unspecified atom stereocenters. The van der Waals surface area contributed by atoms with E-state index in [4.69, 9.17) is 4.74 Å². The lowest BCUT2D eigenvalue weighted by Crippen LogP contribution is -2.48. The van der Waals surface area contributed by atoms with Gasteiger partial charge in [-0.3, -0.25) is 4.79 Å². The number of benzene rings is 1. The third-order valence-electron chi connectivity index (χ3n) is 3.93. The Hall–Kier alpha value is -2.21. The number of aromatic nitrogens is 3. The molecule has 3 atom stereocenters. The highest BCUT2D eigenvalue weighted by Crippen LogP contribution is 2.26. The largest absolute Gasteiger partial charge is 0.367 e. The molecule has 6 heteroatoms. The van der Waals surface area contributed by atoms with Gasteiger partial charge in [-0.1, -0.05) is 30.3 Å². The molecule has 1 amide bonds. The minimum absolute atomic E-state index is 0.00542. The topological polar surface area (TPSA) is 60.2 Å². The van der Waals surface area contributed by atoms with E-state index in [1.807, 2.05) is 49.1 Å². The predicted octanol–water partition coefficient (Wildman–Crippen LogP) is 1.83. The van der Waals surface area contributed by atoms with Crippen molar-refractivity contribution in [2.75, 3.05) is 13.1 Å². The minimum Gasteiger partial charge on any atom is -0.367 e. The molecule has 116 valence electrons. The van der Waals surface area contributed by atoms with Gasteiger partial charge in [-0.25, -0.2) is 9.67 Å². The highest BCUT2D eigenvalue weighted by molar-refractivity contribution is 5.80. The Morgan fingerprint density at radius 1 is 1.32 bits per heavy atom. The molecule has 0 saturated carbocycles. The molecule has 6 nitrogen and oxygen atoms in total. The first kappa shape index (κ1) is 14.7. The maximum atomic E-state index is 12.7. The summed E-state index contributed by atoms with van der Waals surface area (Å²) in [6.45, 7) is 5.00. The fourth-order valence-electron chi connectivity index (χ4n) is 2.78. The lowest BCUT2D eigenvalue weighted by atomic mass is 10.1. The van der Waals surface area contributed by atoms with E-state index in [0.29, 0.717) is 13.1 Å². The molecule has 0 N–H and O–H groups in total. The van der Waals surface area contributed by atoms with Crippen LogP contribution in [0, 0.1) is 0 Å². The van der Waals surface area contributed by atoms with Crippen molar-refractivity contribution in [1.82, 2.24) is 19.7 Å². The van der Waals surface area contributed by atoms with E-state index in [1.54, 1.807) is 11.0 Å². The monoisotopic (exact) mass is 300 g/mol. The maximum absolute atomic E-state index is 12.7. The van der Waals surface area contributed by atoms with Crippen molar-refractivity contribution in [2.45, 2.75) is 32.1 Å². The fraction of sp³-hybridized carbons (Fsp3) is 0.438. The van der Waals surface area contributed by atoms with Crippen LogP contribution < -0.4 is 0 Å². The van der Waals surface area contributed by atoms with Crippen molar-refractivity contribution in [3.8, 4) is 0 Å². The third kappa shape index (κ3) is 3.01. The van der Waals surface area contributed by atoms with Crippen LogP contribution in [-0.2, 0) is 9.53 Å². The Kier molecular flexibility index (Phi) is 4.20. The van der Waals surface area contributed by atoms with Gasteiger partial charge in [0.05, 0.1) is 12.6 Å². The van der Waals surface area contributed by atoms with Gasteiger partial charge in [0.25, 0.3) is 0 Å². The molecule has 1 saturated heterocycles. The van der Waals surface area contributed by atoms with Crippen molar-refractivity contribution >= 4 is 5.91 Å². The Morgan fingerprint density at radius 3 is 2.77 bits per heavy atom. The molecular weight excluding hydrogens is 280 g/mol. The molecule has 1 aliphatic heterocycles. The van der Waals surface area contributed by atoms with E-state index in [1.165, 1.54) is 6.33 Å². The van der Waals surface area contributed by atoms with Crippen molar-refractivity contribution < 1.29 is 9.53 Å². The van der Waals surface area contributed by atoms with E-state index >= 15 is 0 Å². The minimum atomic E-state index is -0.357. The molecular formula is C16H20N4O2. The number of hydrogen-bond acceptors (Lipinski definition) is 4. The molecule has 2 aromatic rings. The second-order valence-electron chi connectivity index (χ2n) is 5.64. The van der Waals surface area contributed by atoms with Gasteiger partial charge < -0.3 is 9.64 Å². The summed E-state index contributed by atoms with van der Waals surface area (Å²) in [4.78, 5) is 18.5. The van der Waals surface area contributed by atoms with E-state index < -0.39 is 0 Å². The molecule has 1 aromatic heterocycles. The van der Waals surface area contributed by atoms with Crippen molar-refractivity contribution in [3.05, 3.63) is 48.5 Å². The van der Waals surface area contributed by atoms with Gasteiger partial charge in [-0.05, 0) is 19.4 Å². The van der Waals surface area contributed by atoms with Crippen LogP contribution in [0.4, 0.5) is 0 Å². The number of nitrogens with zero attached hydrogens (tertiary/aromatic N) is 4. The molecule has 1 aromatic carbocycles. The van der Waals surface area contributed by atoms with Crippen LogP contribution in [0.5, 0.6) is 0 Å². The summed E-state index contributed by atoms with van der Waals surface area (Å²) in [7, 11) is 0. The van der Waals surface area contributed by atoms with E-state index in [9.17, 15) is 4.79 Å². The molecule has 1 aliphatic rings. The van der Waals surface area contributed by atoms with E-state index in [2.05, 4.69) is 10.1 Å². The lowest BCUT2D eigenvalue weighted by molar-refractivity contribution is -0.148. The van der Waals surface area contributed by atoms with Gasteiger partial charge in [0, 0.05) is 6.54 Å². The smallest absolute Gasteiger partial charge is 0.247 e. The molecule has 0 aliphatic carbocycles. The zero-order valence-corrected chi connectivity index (χ0v) is 12.8. The van der Waals surface area contributed by atoms with Crippen LogP contribution in [0.3, 0.4) is 0 Å². The Labute approximate surface area is 129 Å². The molecule has 1 fully saturated rings. The Bertz CT molecular complexity index is 614. The predicted molar refractivity (Wildman–Crippen MR) is 81.0 cm³/mol. The highest BCUT2D eigenvalue weighted by Gasteiger charge is 2.32. The lowest BCUT2D eigenvalue weighted by Gasteiger charge is -2.38. The van der Waals surface area contributed by atoms with E-state index in [-0.39, 0.29) is 24.2 Å². The van der Waals surface area contributed by atoms with Crippen LogP contribution in [0.1, 0.15) is 31.6 Å². The number of carbonyl (C=O) groups is 1. The van der Waals surface area contributed by atoms with Gasteiger partial charge in [-0.2, -0.15) is 5.10 Å². The summed E-state index contributed by atoms with van der Waals surface area (Å²) in [5.74, 6) is 0.0431. The average molecular weight is 300 g/mol. The molecule has 2 heterocycles. The summed E-state index contributed by atoms with van der Waals surface area (Å²) in [5, 5.41) is 4.06. The zero-order chi connectivity index (χ0) is 15.5. The number of carbonyl (C=O) groups excluding carboxylic acids is 1. The number of hydrogen-bond donors (Lipinski definition) is 0. The summed E-state index contributed by atoms with van der Waals surface area (Å²) in [5.41, 5.74) is 1.10. The highest BCUT2D eigenvalue weighted by atomic mass is 16.5. The van der Waals surface area contributed by atoms with Crippen molar-refractivity contribution in [2.24, 2.45) is 0 Å². The van der Waals surface area contributed by atoms with Gasteiger partial charge in [-0.15, -0.1) is 0 Å². The standard InChI is InChI=1S/C16H20N4O2/c1-12-8-19(16(21)13(2)20-11-17-10-18-20)9-15(22-12)14-6-4-3-5-7-14/h3-7,10-13,15H,8-9H2,1-2H3/t12-,13-,15+/m1/s1. The van der Waals surface area contributed by atoms with Crippen LogP contribution in [0.25, 0.3) is 0 Å². The van der Waals surface area contributed by atoms with E-state index in [0.717, 1.165) is 5.56 Å². The fourth-order valence-corrected chi connectivity index (χ4v) is 2.78. The van der Waals surface area contributed by atoms with Crippen molar-refractivity contribution in [3.63, 3.8) is 0 Å². The number of rotatable bonds is 3. The summed E-state index contributed by atoms with van der Waals surface area (Å²) < 4.78 is 7.58. The van der Waals surface area contributed by atoms with Gasteiger partial charge in [0.15, 0.2) is 0 Å². The summed E-state index contributed by atoms with van der Waals surface area (Å²) in [6, 6.07) is 9.66. The van der Waals surface area contributed by atoms with Crippen LogP contribution in [0.15, 0.2) is 43.0 Å². The summed E-state index contributed by atoms with van der Waals surface area (Å²) >= 11 is 0. The molecule has 22 heavy (non-hydrogen) atoms. The summed E-state index contributed by atoms with van der Waals surface area (Å²) in [6.07, 6.45) is 2.93. The Balaban J connectivity index is 1.75. The van der Waals surface area contributed by atoms with Gasteiger partial charge in [0.1, 0.15) is 24.8 Å². The average Bonchev–Trinajstić information content (AvgIpc) is 3.08. The zero-order valence-electron chi connectivity index (χ0n) is 12.8. The second kappa shape index (κ2) is 6.27. The van der Waals surface area contributed by atoms with Crippen LogP contribution in [-0.4, -0.2) is 44.8 Å². The van der Waals surface area contributed by atoms with Crippen molar-refractivity contribution in [1.29, 1.82) is 0 Å². The molecule has 0 spiro atoms. The van der Waals surface area contributed by atoms with Crippen LogP contribution >= 0.6 is 0 Å². The molecule has 0 radical (unpaired) electrons. The number of ether oxygens (including phenoxy) is 1. The van der Waals surface area contributed by atoms with Crippen LogP contribution in [0.2, 0.25) is 0 Å². The molecule has 3 rings (SSSR count). The quantitative estimate of drug-likeness (QED) is 0.867. The first-order valence-electron chi connectivity index (χ1n) is 7.48. The second-order valence-corrected chi connectivity index (χ2v) is 5.64. The maximum Gasteiger partial charge on any atom is 0.247 e. The molecule has 0 bridgehead atoms. The van der Waals surface area contributed by atoms with Gasteiger partial charge >= 0.3 is 0 Å². The number of morpholine rings is 1. The number of amides is 1. The third-order valence-corrected chi connectivity index (χ3v) is 3.93. The first-order valence-corrected chi connectivity index (χ1v) is 7.48. The first-order chi connectivity index (χ1) is 10.6.